The summed E-state index contributed by atoms with van der Waals surface area (Å²) in [4.78, 5) is 34.8. The number of carboxylic acid groups (broad SMARTS) is 1. The Morgan fingerprint density at radius 3 is 2.57 bits per heavy atom. The van der Waals surface area contributed by atoms with E-state index in [-0.39, 0.29) is 12.0 Å². The molecule has 1 saturated carbocycles. The third kappa shape index (κ3) is 3.95. The molecule has 1 aliphatic carbocycles. The van der Waals surface area contributed by atoms with Crippen LogP contribution in [0.2, 0.25) is 0 Å². The van der Waals surface area contributed by atoms with Gasteiger partial charge in [0.2, 0.25) is 0 Å². The van der Waals surface area contributed by atoms with Crippen LogP contribution in [0.15, 0.2) is 66.7 Å². The molecule has 1 fully saturated rings. The zero-order valence-electron chi connectivity index (χ0n) is 19.8. The maximum atomic E-state index is 15.3. The van der Waals surface area contributed by atoms with Crippen molar-refractivity contribution in [1.82, 2.24) is 14.9 Å². The molecule has 2 aromatic heterocycles. The second-order valence-electron chi connectivity index (χ2n) is 9.25. The molecular weight excluding hydrogens is 493 g/mol. The molecule has 2 aromatic carbocycles. The minimum Gasteiger partial charge on any atom is -0.467 e. The van der Waals surface area contributed by atoms with Gasteiger partial charge < -0.3 is 9.84 Å². The summed E-state index contributed by atoms with van der Waals surface area (Å²) in [6.07, 6.45) is 2.34. The fourth-order valence-corrected chi connectivity index (χ4v) is 5.93. The minimum atomic E-state index is -1.25. The highest BCUT2D eigenvalue weighted by Crippen LogP contribution is 2.53. The summed E-state index contributed by atoms with van der Waals surface area (Å²) in [5, 5.41) is 9.97. The number of benzene rings is 2. The number of halogens is 1. The van der Waals surface area contributed by atoms with E-state index >= 15 is 4.39 Å². The van der Waals surface area contributed by atoms with Crippen LogP contribution in [0.3, 0.4) is 0 Å². The molecule has 0 radical (unpaired) electrons. The number of hydrogen-bond acceptors (Lipinski definition) is 6. The molecule has 1 aliphatic heterocycles. The Labute approximate surface area is 215 Å². The van der Waals surface area contributed by atoms with E-state index in [0.717, 1.165) is 28.3 Å². The first-order valence-corrected chi connectivity index (χ1v) is 12.6. The molecule has 186 valence electrons. The lowest BCUT2D eigenvalue weighted by Crippen LogP contribution is -2.40. The maximum Gasteiger partial charge on any atom is 0.408 e. The first kappa shape index (κ1) is 23.3. The van der Waals surface area contributed by atoms with Crippen molar-refractivity contribution in [2.24, 2.45) is 0 Å². The monoisotopic (exact) mass is 515 g/mol. The number of thiazole rings is 1. The van der Waals surface area contributed by atoms with Crippen LogP contribution in [0.25, 0.3) is 26.5 Å². The summed E-state index contributed by atoms with van der Waals surface area (Å²) in [6.45, 7) is -0.0368. The van der Waals surface area contributed by atoms with Gasteiger partial charge >= 0.3 is 12.1 Å². The second-order valence-corrected chi connectivity index (χ2v) is 10.2. The quantitative estimate of drug-likeness (QED) is 0.353. The molecule has 0 bridgehead atoms. The van der Waals surface area contributed by atoms with Gasteiger partial charge in [-0.15, -0.1) is 0 Å². The summed E-state index contributed by atoms with van der Waals surface area (Å²) in [5.41, 5.74) is 4.29. The average molecular weight is 516 g/mol. The number of rotatable bonds is 5. The molecule has 0 saturated heterocycles. The predicted molar refractivity (Wildman–Crippen MR) is 138 cm³/mol. The number of amides is 1. The van der Waals surface area contributed by atoms with Crippen molar-refractivity contribution in [3.8, 4) is 10.6 Å². The molecule has 9 heteroatoms. The van der Waals surface area contributed by atoms with E-state index in [0.29, 0.717) is 27.2 Å². The zero-order chi connectivity index (χ0) is 25.7. The normalized spacial score (nSPS) is 18.1. The number of aromatic nitrogens is 2. The van der Waals surface area contributed by atoms with Crippen LogP contribution >= 0.6 is 11.3 Å². The van der Waals surface area contributed by atoms with Gasteiger partial charge in [0.15, 0.2) is 6.04 Å². The van der Waals surface area contributed by atoms with Crippen molar-refractivity contribution in [1.29, 1.82) is 0 Å². The number of methoxy groups -OCH3 is 1. The highest BCUT2D eigenvalue weighted by molar-refractivity contribution is 7.21. The van der Waals surface area contributed by atoms with Gasteiger partial charge in [-0.2, -0.15) is 0 Å². The van der Waals surface area contributed by atoms with Crippen LogP contribution in [0.1, 0.15) is 29.7 Å². The summed E-state index contributed by atoms with van der Waals surface area (Å²) < 4.78 is 20.0. The standard InChI is InChI=1S/C28H22FN3O4S/c1-36-26(33)22-14-17(15-32(22)27(34)35)16-7-8-19(20(29)13-16)24-30-21-9-10-23(31-25(21)37-24)28(11-12-28)18-5-3-2-4-6-18/h2-10,13-14,22H,11-12,15H2,1H3,(H,34,35). The molecular formula is C28H22FN3O4S. The molecule has 1 atom stereocenters. The van der Waals surface area contributed by atoms with E-state index in [4.69, 9.17) is 9.72 Å². The summed E-state index contributed by atoms with van der Waals surface area (Å²) in [6, 6.07) is 18.0. The first-order valence-electron chi connectivity index (χ1n) is 11.8. The Hall–Kier alpha value is -4.11. The van der Waals surface area contributed by atoms with Crippen molar-refractivity contribution in [3.63, 3.8) is 0 Å². The number of ether oxygens (including phenoxy) is 1. The SMILES string of the molecule is COC(=O)C1C=C(c2ccc(-c3nc4ccc(C5(c6ccccc6)CC5)nc4s3)c(F)c2)CN1C(=O)O. The number of fused-ring (bicyclic) bond motifs is 1. The molecule has 1 amide bonds. The topological polar surface area (TPSA) is 92.6 Å². The molecule has 2 aliphatic rings. The molecule has 4 aromatic rings. The van der Waals surface area contributed by atoms with E-state index < -0.39 is 23.9 Å². The average Bonchev–Trinajstić information content (AvgIpc) is 3.41. The van der Waals surface area contributed by atoms with Gasteiger partial charge in [0, 0.05) is 11.0 Å². The van der Waals surface area contributed by atoms with Crippen LogP contribution < -0.4 is 0 Å². The van der Waals surface area contributed by atoms with Gasteiger partial charge in [0.25, 0.3) is 0 Å². The molecule has 7 nitrogen and oxygen atoms in total. The minimum absolute atomic E-state index is 0.0368. The Bertz CT molecular complexity index is 1580. The van der Waals surface area contributed by atoms with Crippen LogP contribution in [0.4, 0.5) is 9.18 Å². The van der Waals surface area contributed by atoms with E-state index in [1.165, 1.54) is 36.2 Å². The number of pyridine rings is 1. The van der Waals surface area contributed by atoms with E-state index in [9.17, 15) is 14.7 Å². The lowest BCUT2D eigenvalue weighted by atomic mass is 9.92. The van der Waals surface area contributed by atoms with Gasteiger partial charge in [-0.1, -0.05) is 47.7 Å². The Morgan fingerprint density at radius 1 is 1.11 bits per heavy atom. The second kappa shape index (κ2) is 8.77. The fourth-order valence-electron chi connectivity index (χ4n) is 4.97. The Balaban J connectivity index is 1.30. The highest BCUT2D eigenvalue weighted by Gasteiger charge is 2.47. The summed E-state index contributed by atoms with van der Waals surface area (Å²) in [5.74, 6) is -1.17. The largest absolute Gasteiger partial charge is 0.467 e. The van der Waals surface area contributed by atoms with Crippen LogP contribution in [0.5, 0.6) is 0 Å². The third-order valence-corrected chi connectivity index (χ3v) is 8.11. The lowest BCUT2D eigenvalue weighted by Gasteiger charge is -2.18. The molecule has 1 unspecified atom stereocenters. The van der Waals surface area contributed by atoms with Crippen molar-refractivity contribution in [3.05, 3.63) is 89.4 Å². The van der Waals surface area contributed by atoms with Gasteiger partial charge in [0.05, 0.1) is 19.3 Å². The van der Waals surface area contributed by atoms with E-state index in [1.807, 2.05) is 30.3 Å². The summed E-state index contributed by atoms with van der Waals surface area (Å²) in [7, 11) is 1.20. The Kier molecular flexibility index (Phi) is 5.52. The third-order valence-electron chi connectivity index (χ3n) is 7.12. The predicted octanol–water partition coefficient (Wildman–Crippen LogP) is 5.50. The van der Waals surface area contributed by atoms with Gasteiger partial charge in [-0.05, 0) is 59.9 Å². The Morgan fingerprint density at radius 2 is 1.89 bits per heavy atom. The van der Waals surface area contributed by atoms with Crippen molar-refractivity contribution in [2.45, 2.75) is 24.3 Å². The van der Waals surface area contributed by atoms with Crippen molar-refractivity contribution >= 4 is 39.3 Å². The molecule has 0 spiro atoms. The number of carbonyl (C=O) groups is 2. The van der Waals surface area contributed by atoms with E-state index in [1.54, 1.807) is 12.1 Å². The van der Waals surface area contributed by atoms with Crippen molar-refractivity contribution < 1.29 is 23.8 Å². The van der Waals surface area contributed by atoms with Gasteiger partial charge in [-0.3, -0.25) is 4.90 Å². The van der Waals surface area contributed by atoms with E-state index in [2.05, 4.69) is 17.1 Å². The molecule has 3 heterocycles. The maximum absolute atomic E-state index is 15.3. The van der Waals surface area contributed by atoms with Crippen LogP contribution in [0, 0.1) is 5.82 Å². The van der Waals surface area contributed by atoms with Crippen molar-refractivity contribution in [2.75, 3.05) is 13.7 Å². The number of hydrogen-bond donors (Lipinski definition) is 1. The van der Waals surface area contributed by atoms with Crippen LogP contribution in [-0.4, -0.2) is 51.7 Å². The highest BCUT2D eigenvalue weighted by atomic mass is 32.1. The van der Waals surface area contributed by atoms with Gasteiger partial charge in [0.1, 0.15) is 21.2 Å². The molecule has 6 rings (SSSR count). The number of nitrogens with zero attached hydrogens (tertiary/aromatic N) is 3. The number of esters is 1. The van der Waals surface area contributed by atoms with Gasteiger partial charge in [-0.25, -0.2) is 23.9 Å². The number of carbonyl (C=O) groups excluding carboxylic acids is 1. The zero-order valence-corrected chi connectivity index (χ0v) is 20.7. The molecule has 1 N–H and O–H groups in total. The summed E-state index contributed by atoms with van der Waals surface area (Å²) >= 11 is 1.34. The smallest absolute Gasteiger partial charge is 0.408 e. The lowest BCUT2D eigenvalue weighted by molar-refractivity contribution is -0.143. The fraction of sp³-hybridized carbons (Fsp3) is 0.214. The first-order chi connectivity index (χ1) is 17.9. The van der Waals surface area contributed by atoms with Crippen LogP contribution in [-0.2, 0) is 14.9 Å². The molecule has 37 heavy (non-hydrogen) atoms.